The number of benzene rings is 1. The average Bonchev–Trinajstić information content (AvgIpc) is 2.44. The Labute approximate surface area is 128 Å². The standard InChI is InChI=1S/C18H29FN2/c1-4-5-14-6-8-15(9-7-14)18(21-20)17-13(3)10-12(2)11-16(17)19/h10-11,14-15,18,21H,4-9,20H2,1-3H3. The van der Waals surface area contributed by atoms with Crippen molar-refractivity contribution in [2.75, 3.05) is 0 Å². The van der Waals surface area contributed by atoms with E-state index in [1.165, 1.54) is 25.7 Å². The number of hydrogen-bond acceptors (Lipinski definition) is 2. The second-order valence-corrected chi connectivity index (χ2v) is 6.69. The van der Waals surface area contributed by atoms with Crippen molar-refractivity contribution in [1.29, 1.82) is 0 Å². The molecule has 3 N–H and O–H groups in total. The van der Waals surface area contributed by atoms with E-state index in [1.807, 2.05) is 19.9 Å². The Morgan fingerprint density at radius 3 is 2.43 bits per heavy atom. The van der Waals surface area contributed by atoms with Gasteiger partial charge in [0, 0.05) is 5.56 Å². The van der Waals surface area contributed by atoms with Crippen LogP contribution in [0, 0.1) is 31.5 Å². The smallest absolute Gasteiger partial charge is 0.128 e. The highest BCUT2D eigenvalue weighted by molar-refractivity contribution is 5.34. The third kappa shape index (κ3) is 3.83. The Morgan fingerprint density at radius 1 is 1.24 bits per heavy atom. The predicted octanol–water partition coefficient (Wildman–Crippen LogP) is 4.55. The highest BCUT2D eigenvalue weighted by Gasteiger charge is 2.30. The lowest BCUT2D eigenvalue weighted by molar-refractivity contribution is 0.212. The average molecular weight is 292 g/mol. The second-order valence-electron chi connectivity index (χ2n) is 6.69. The maximum atomic E-state index is 14.4. The summed E-state index contributed by atoms with van der Waals surface area (Å²) in [5, 5.41) is 0. The minimum Gasteiger partial charge on any atom is -0.271 e. The van der Waals surface area contributed by atoms with Crippen molar-refractivity contribution < 1.29 is 4.39 Å². The van der Waals surface area contributed by atoms with E-state index < -0.39 is 0 Å². The molecule has 1 aliphatic rings. The van der Waals surface area contributed by atoms with Gasteiger partial charge in [0.25, 0.3) is 0 Å². The highest BCUT2D eigenvalue weighted by atomic mass is 19.1. The number of halogens is 1. The molecule has 1 atom stereocenters. The van der Waals surface area contributed by atoms with E-state index in [2.05, 4.69) is 12.3 Å². The van der Waals surface area contributed by atoms with E-state index in [9.17, 15) is 4.39 Å². The van der Waals surface area contributed by atoms with Gasteiger partial charge in [0.15, 0.2) is 0 Å². The molecule has 0 aromatic heterocycles. The quantitative estimate of drug-likeness (QED) is 0.617. The van der Waals surface area contributed by atoms with Gasteiger partial charge in [-0.05, 0) is 55.7 Å². The van der Waals surface area contributed by atoms with E-state index in [-0.39, 0.29) is 11.9 Å². The van der Waals surface area contributed by atoms with Crippen molar-refractivity contribution in [3.8, 4) is 0 Å². The Balaban J connectivity index is 2.14. The van der Waals surface area contributed by atoms with Crippen LogP contribution in [0.2, 0.25) is 0 Å². The number of aryl methyl sites for hydroxylation is 2. The largest absolute Gasteiger partial charge is 0.271 e. The zero-order chi connectivity index (χ0) is 15.4. The molecule has 0 saturated heterocycles. The van der Waals surface area contributed by atoms with Gasteiger partial charge in [-0.1, -0.05) is 38.7 Å². The van der Waals surface area contributed by atoms with Gasteiger partial charge in [0.2, 0.25) is 0 Å². The molecule has 1 unspecified atom stereocenters. The van der Waals surface area contributed by atoms with Gasteiger partial charge in [0.1, 0.15) is 5.82 Å². The summed E-state index contributed by atoms with van der Waals surface area (Å²) in [6.45, 7) is 6.17. The normalized spacial score (nSPS) is 24.0. The molecule has 1 aliphatic carbocycles. The van der Waals surface area contributed by atoms with Crippen LogP contribution in [0.25, 0.3) is 0 Å². The first-order valence-electron chi connectivity index (χ1n) is 8.29. The monoisotopic (exact) mass is 292 g/mol. The van der Waals surface area contributed by atoms with Crippen molar-refractivity contribution in [2.45, 2.75) is 65.3 Å². The zero-order valence-corrected chi connectivity index (χ0v) is 13.6. The summed E-state index contributed by atoms with van der Waals surface area (Å²) in [5.74, 6) is 6.97. The molecule has 1 aromatic carbocycles. The fourth-order valence-corrected chi connectivity index (χ4v) is 3.99. The topological polar surface area (TPSA) is 38.0 Å². The second kappa shape index (κ2) is 7.37. The molecule has 0 aliphatic heterocycles. The highest BCUT2D eigenvalue weighted by Crippen LogP contribution is 2.39. The van der Waals surface area contributed by atoms with Crippen LogP contribution in [-0.4, -0.2) is 0 Å². The van der Waals surface area contributed by atoms with Crippen LogP contribution < -0.4 is 11.3 Å². The molecule has 0 amide bonds. The van der Waals surface area contributed by atoms with E-state index in [0.717, 1.165) is 35.4 Å². The van der Waals surface area contributed by atoms with Crippen LogP contribution in [0.3, 0.4) is 0 Å². The van der Waals surface area contributed by atoms with Crippen molar-refractivity contribution in [3.05, 3.63) is 34.6 Å². The third-order valence-electron chi connectivity index (χ3n) is 5.03. The predicted molar refractivity (Wildman–Crippen MR) is 86.3 cm³/mol. The molecule has 21 heavy (non-hydrogen) atoms. The summed E-state index contributed by atoms with van der Waals surface area (Å²) in [6.07, 6.45) is 7.38. The minimum absolute atomic E-state index is 0.0619. The maximum Gasteiger partial charge on any atom is 0.128 e. The number of hydrogen-bond donors (Lipinski definition) is 2. The molecule has 0 spiro atoms. The SMILES string of the molecule is CCCC1CCC(C(NN)c2c(C)cc(C)cc2F)CC1. The van der Waals surface area contributed by atoms with Crippen molar-refractivity contribution >= 4 is 0 Å². The molecule has 0 radical (unpaired) electrons. The molecule has 2 nitrogen and oxygen atoms in total. The maximum absolute atomic E-state index is 14.4. The fraction of sp³-hybridized carbons (Fsp3) is 0.667. The van der Waals surface area contributed by atoms with Crippen molar-refractivity contribution in [1.82, 2.24) is 5.43 Å². The Morgan fingerprint density at radius 2 is 1.90 bits per heavy atom. The fourth-order valence-electron chi connectivity index (χ4n) is 3.99. The van der Waals surface area contributed by atoms with Crippen LogP contribution in [0.4, 0.5) is 4.39 Å². The van der Waals surface area contributed by atoms with Crippen LogP contribution in [0.5, 0.6) is 0 Å². The lowest BCUT2D eigenvalue weighted by Crippen LogP contribution is -2.36. The van der Waals surface area contributed by atoms with Gasteiger partial charge >= 0.3 is 0 Å². The molecule has 2 rings (SSSR count). The number of nitrogens with one attached hydrogen (secondary N) is 1. The summed E-state index contributed by atoms with van der Waals surface area (Å²) in [6, 6.07) is 3.61. The van der Waals surface area contributed by atoms with E-state index in [0.29, 0.717) is 5.92 Å². The lowest BCUT2D eigenvalue weighted by Gasteiger charge is -2.34. The molecule has 1 fully saturated rings. The first kappa shape index (κ1) is 16.4. The van der Waals surface area contributed by atoms with E-state index in [4.69, 9.17) is 5.84 Å². The van der Waals surface area contributed by atoms with Gasteiger partial charge in [0.05, 0.1) is 6.04 Å². The van der Waals surface area contributed by atoms with Gasteiger partial charge in [-0.3, -0.25) is 11.3 Å². The molecule has 1 aromatic rings. The van der Waals surface area contributed by atoms with Gasteiger partial charge in [-0.2, -0.15) is 0 Å². The third-order valence-corrected chi connectivity index (χ3v) is 5.03. The molecule has 0 heterocycles. The number of rotatable bonds is 5. The van der Waals surface area contributed by atoms with Gasteiger partial charge in [-0.15, -0.1) is 0 Å². The zero-order valence-electron chi connectivity index (χ0n) is 13.6. The van der Waals surface area contributed by atoms with Crippen LogP contribution >= 0.6 is 0 Å². The van der Waals surface area contributed by atoms with Crippen molar-refractivity contribution in [3.63, 3.8) is 0 Å². The number of nitrogens with two attached hydrogens (primary N) is 1. The molecular weight excluding hydrogens is 263 g/mol. The summed E-state index contributed by atoms with van der Waals surface area (Å²) in [7, 11) is 0. The number of hydrazine groups is 1. The minimum atomic E-state index is -0.119. The Bertz CT molecular complexity index is 441. The Kier molecular flexibility index (Phi) is 5.77. The van der Waals surface area contributed by atoms with Crippen molar-refractivity contribution in [2.24, 2.45) is 17.7 Å². The first-order valence-corrected chi connectivity index (χ1v) is 8.29. The summed E-state index contributed by atoms with van der Waals surface area (Å²) < 4.78 is 14.4. The van der Waals surface area contributed by atoms with Crippen LogP contribution in [0.15, 0.2) is 12.1 Å². The van der Waals surface area contributed by atoms with Gasteiger partial charge < -0.3 is 0 Å². The van der Waals surface area contributed by atoms with E-state index in [1.54, 1.807) is 6.07 Å². The van der Waals surface area contributed by atoms with Crippen LogP contribution in [-0.2, 0) is 0 Å². The summed E-state index contributed by atoms with van der Waals surface area (Å²) in [4.78, 5) is 0. The Hall–Kier alpha value is -0.930. The summed E-state index contributed by atoms with van der Waals surface area (Å²) in [5.41, 5.74) is 5.64. The van der Waals surface area contributed by atoms with Gasteiger partial charge in [-0.25, -0.2) is 4.39 Å². The first-order chi connectivity index (χ1) is 10.1. The lowest BCUT2D eigenvalue weighted by atomic mass is 9.75. The molecule has 1 saturated carbocycles. The summed E-state index contributed by atoms with van der Waals surface area (Å²) >= 11 is 0. The molecule has 118 valence electrons. The molecular formula is C18H29FN2. The van der Waals surface area contributed by atoms with Crippen LogP contribution in [0.1, 0.15) is 68.2 Å². The molecule has 0 bridgehead atoms. The van der Waals surface area contributed by atoms with E-state index >= 15 is 0 Å². The molecule has 3 heteroatoms.